The monoisotopic (exact) mass is 530 g/mol. The summed E-state index contributed by atoms with van der Waals surface area (Å²) in [6.07, 6.45) is 2.42. The SMILES string of the molecule is CCc1nc(C)c(C(=O)N2C[C@@H]3NC(=O)CN(C4CC4)Cc4cccc(c4)Oc4cccc(c4)CO[C@H]3C2)o1. The average Bonchev–Trinajstić information content (AvgIpc) is 3.60. The molecule has 0 unspecified atom stereocenters. The van der Waals surface area contributed by atoms with Crippen molar-refractivity contribution in [2.45, 2.75) is 64.4 Å². The molecule has 2 aliphatic heterocycles. The van der Waals surface area contributed by atoms with E-state index in [0.29, 0.717) is 50.3 Å². The number of rotatable bonds is 3. The largest absolute Gasteiger partial charge is 0.457 e. The molecule has 204 valence electrons. The Morgan fingerprint density at radius 1 is 1.05 bits per heavy atom. The van der Waals surface area contributed by atoms with E-state index >= 15 is 0 Å². The lowest BCUT2D eigenvalue weighted by atomic mass is 10.1. The third-order valence-electron chi connectivity index (χ3n) is 7.53. The second-order valence-electron chi connectivity index (χ2n) is 10.6. The number of benzene rings is 2. The molecule has 1 aliphatic carbocycles. The third-order valence-corrected chi connectivity index (χ3v) is 7.53. The van der Waals surface area contributed by atoms with Crippen LogP contribution in [-0.2, 0) is 29.1 Å². The normalized spacial score (nSPS) is 22.2. The number of fused-ring (bicyclic) bond motifs is 5. The van der Waals surface area contributed by atoms with Crippen molar-refractivity contribution in [2.24, 2.45) is 0 Å². The smallest absolute Gasteiger partial charge is 0.291 e. The van der Waals surface area contributed by atoms with Crippen LogP contribution in [0.3, 0.4) is 0 Å². The van der Waals surface area contributed by atoms with Crippen LogP contribution in [0.2, 0.25) is 0 Å². The van der Waals surface area contributed by atoms with E-state index in [2.05, 4.69) is 21.3 Å². The molecular formula is C30H34N4O5. The Labute approximate surface area is 228 Å². The maximum absolute atomic E-state index is 13.4. The van der Waals surface area contributed by atoms with Gasteiger partial charge in [-0.2, -0.15) is 0 Å². The molecule has 3 heterocycles. The number of oxazole rings is 1. The average molecular weight is 531 g/mol. The number of hydrogen-bond donors (Lipinski definition) is 1. The van der Waals surface area contributed by atoms with Gasteiger partial charge < -0.3 is 24.1 Å². The number of nitrogens with one attached hydrogen (secondary N) is 1. The highest BCUT2D eigenvalue weighted by Crippen LogP contribution is 2.30. The Bertz CT molecular complexity index is 1370. The van der Waals surface area contributed by atoms with Crippen molar-refractivity contribution in [1.82, 2.24) is 20.1 Å². The van der Waals surface area contributed by atoms with Gasteiger partial charge in [0.2, 0.25) is 11.7 Å². The molecule has 9 nitrogen and oxygen atoms in total. The van der Waals surface area contributed by atoms with Crippen molar-refractivity contribution in [3.63, 3.8) is 0 Å². The summed E-state index contributed by atoms with van der Waals surface area (Å²) in [6, 6.07) is 15.9. The predicted molar refractivity (Wildman–Crippen MR) is 143 cm³/mol. The first-order valence-corrected chi connectivity index (χ1v) is 13.7. The van der Waals surface area contributed by atoms with Gasteiger partial charge in [-0.15, -0.1) is 0 Å². The first-order valence-electron chi connectivity index (χ1n) is 13.7. The fraction of sp³-hybridized carbons (Fsp3) is 0.433. The van der Waals surface area contributed by atoms with Gasteiger partial charge in [0.15, 0.2) is 5.89 Å². The van der Waals surface area contributed by atoms with E-state index in [0.717, 1.165) is 35.5 Å². The number of nitrogens with zero attached hydrogens (tertiary/aromatic N) is 3. The van der Waals surface area contributed by atoms with Gasteiger partial charge in [0.05, 0.1) is 31.0 Å². The van der Waals surface area contributed by atoms with E-state index < -0.39 is 0 Å². The predicted octanol–water partition coefficient (Wildman–Crippen LogP) is 3.84. The van der Waals surface area contributed by atoms with Crippen LogP contribution in [0.5, 0.6) is 11.5 Å². The number of ether oxygens (including phenoxy) is 2. The van der Waals surface area contributed by atoms with E-state index in [1.54, 1.807) is 11.8 Å². The summed E-state index contributed by atoms with van der Waals surface area (Å²) in [5.74, 6) is 1.99. The number of aromatic nitrogens is 1. The Hall–Kier alpha value is -3.69. The maximum atomic E-state index is 13.4. The Morgan fingerprint density at radius 2 is 1.79 bits per heavy atom. The number of aryl methyl sites for hydroxylation is 2. The van der Waals surface area contributed by atoms with E-state index in [1.165, 1.54) is 0 Å². The number of likely N-dealkylation sites (tertiary alicyclic amines) is 1. The Kier molecular flexibility index (Phi) is 7.10. The highest BCUT2D eigenvalue weighted by Gasteiger charge is 2.39. The lowest BCUT2D eigenvalue weighted by Gasteiger charge is -2.25. The fourth-order valence-corrected chi connectivity index (χ4v) is 5.36. The van der Waals surface area contributed by atoms with Gasteiger partial charge in [0.25, 0.3) is 5.91 Å². The fourth-order valence-electron chi connectivity index (χ4n) is 5.36. The van der Waals surface area contributed by atoms with Crippen molar-refractivity contribution in [3.05, 3.63) is 77.0 Å². The first kappa shape index (κ1) is 25.6. The zero-order valence-electron chi connectivity index (χ0n) is 22.4. The minimum absolute atomic E-state index is 0.0691. The lowest BCUT2D eigenvalue weighted by Crippen LogP contribution is -2.48. The van der Waals surface area contributed by atoms with Crippen LogP contribution in [0.1, 0.15) is 53.0 Å². The van der Waals surface area contributed by atoms with Crippen molar-refractivity contribution in [2.75, 3.05) is 19.6 Å². The number of carbonyl (C=O) groups excluding carboxylic acids is 2. The summed E-state index contributed by atoms with van der Waals surface area (Å²) in [6.45, 7) is 5.67. The van der Waals surface area contributed by atoms with Crippen molar-refractivity contribution in [1.29, 1.82) is 0 Å². The summed E-state index contributed by atoms with van der Waals surface area (Å²) < 4.78 is 18.2. The van der Waals surface area contributed by atoms with Crippen LogP contribution in [0.4, 0.5) is 0 Å². The summed E-state index contributed by atoms with van der Waals surface area (Å²) >= 11 is 0. The quantitative estimate of drug-likeness (QED) is 0.550. The molecule has 4 bridgehead atoms. The maximum Gasteiger partial charge on any atom is 0.291 e. The van der Waals surface area contributed by atoms with Crippen LogP contribution in [0.15, 0.2) is 52.9 Å². The highest BCUT2D eigenvalue weighted by molar-refractivity contribution is 5.93. The van der Waals surface area contributed by atoms with Crippen LogP contribution in [-0.4, -0.2) is 64.4 Å². The van der Waals surface area contributed by atoms with Crippen LogP contribution >= 0.6 is 0 Å². The second-order valence-corrected chi connectivity index (χ2v) is 10.6. The highest BCUT2D eigenvalue weighted by atomic mass is 16.5. The molecule has 1 N–H and O–H groups in total. The molecule has 2 amide bonds. The second kappa shape index (κ2) is 10.8. The van der Waals surface area contributed by atoms with Crippen LogP contribution in [0, 0.1) is 6.92 Å². The molecule has 3 aromatic rings. The summed E-state index contributed by atoms with van der Waals surface area (Å²) in [5.41, 5.74) is 2.63. The molecule has 3 aliphatic rings. The van der Waals surface area contributed by atoms with Gasteiger partial charge in [-0.1, -0.05) is 31.2 Å². The van der Waals surface area contributed by atoms with E-state index in [-0.39, 0.29) is 36.3 Å². The van der Waals surface area contributed by atoms with Gasteiger partial charge in [-0.3, -0.25) is 14.5 Å². The molecule has 2 aromatic carbocycles. The molecule has 39 heavy (non-hydrogen) atoms. The minimum atomic E-state index is -0.369. The number of carbonyl (C=O) groups is 2. The zero-order valence-corrected chi connectivity index (χ0v) is 22.4. The van der Waals surface area contributed by atoms with Gasteiger partial charge in [0.1, 0.15) is 11.5 Å². The molecule has 0 radical (unpaired) electrons. The molecule has 2 fully saturated rings. The molecule has 2 atom stereocenters. The topological polar surface area (TPSA) is 97.1 Å². The minimum Gasteiger partial charge on any atom is -0.457 e. The summed E-state index contributed by atoms with van der Waals surface area (Å²) in [7, 11) is 0. The van der Waals surface area contributed by atoms with Gasteiger partial charge >= 0.3 is 0 Å². The van der Waals surface area contributed by atoms with E-state index in [9.17, 15) is 9.59 Å². The number of amides is 2. The third kappa shape index (κ3) is 5.84. The van der Waals surface area contributed by atoms with E-state index in [4.69, 9.17) is 13.9 Å². The Morgan fingerprint density at radius 3 is 2.51 bits per heavy atom. The summed E-state index contributed by atoms with van der Waals surface area (Å²) in [4.78, 5) is 35.0. The van der Waals surface area contributed by atoms with Crippen molar-refractivity contribution >= 4 is 11.8 Å². The summed E-state index contributed by atoms with van der Waals surface area (Å²) in [5, 5.41) is 3.18. The zero-order chi connectivity index (χ0) is 26.9. The lowest BCUT2D eigenvalue weighted by molar-refractivity contribution is -0.124. The molecule has 0 spiro atoms. The number of hydrogen-bond acceptors (Lipinski definition) is 7. The van der Waals surface area contributed by atoms with E-state index in [1.807, 2.05) is 49.4 Å². The van der Waals surface area contributed by atoms with Crippen LogP contribution in [0.25, 0.3) is 0 Å². The molecule has 9 heteroatoms. The Balaban J connectivity index is 1.26. The van der Waals surface area contributed by atoms with Crippen molar-refractivity contribution in [3.8, 4) is 11.5 Å². The molecule has 1 saturated carbocycles. The van der Waals surface area contributed by atoms with Crippen molar-refractivity contribution < 1.29 is 23.5 Å². The standard InChI is InChI=1S/C30H34N4O5/c1-3-28-31-19(2)29(39-28)30(36)34-15-25-26(16-34)37-18-21-7-5-9-24(13-21)38-23-8-4-6-20(12-23)14-33(22-10-11-22)17-27(35)32-25/h4-9,12-13,22,25-26H,3,10-11,14-18H2,1-2H3,(H,32,35)/t25-,26-/m0/s1. The molecule has 1 saturated heterocycles. The first-order chi connectivity index (χ1) is 18.9. The molecule has 1 aromatic heterocycles. The molecule has 6 rings (SSSR count). The van der Waals surface area contributed by atoms with Gasteiger partial charge in [0, 0.05) is 32.1 Å². The molecular weight excluding hydrogens is 496 g/mol. The van der Waals surface area contributed by atoms with Gasteiger partial charge in [-0.05, 0) is 55.2 Å². The van der Waals surface area contributed by atoms with Crippen LogP contribution < -0.4 is 10.1 Å². The van der Waals surface area contributed by atoms with Gasteiger partial charge in [-0.25, -0.2) is 4.98 Å².